The Morgan fingerprint density at radius 1 is 1.31 bits per heavy atom. The standard InChI is InChI=1S/C12H24N2O2/c15-9-4-2-1-3-7-14-12(16)10-11-6-5-8-13-11/h11,13,15H,1-10H2,(H,14,16). The Hall–Kier alpha value is -0.610. The van der Waals surface area contributed by atoms with Crippen LogP contribution in [0.5, 0.6) is 0 Å². The lowest BCUT2D eigenvalue weighted by Crippen LogP contribution is -2.32. The summed E-state index contributed by atoms with van der Waals surface area (Å²) >= 11 is 0. The van der Waals surface area contributed by atoms with E-state index in [2.05, 4.69) is 10.6 Å². The van der Waals surface area contributed by atoms with Gasteiger partial charge in [-0.2, -0.15) is 0 Å². The number of hydrogen-bond acceptors (Lipinski definition) is 3. The second kappa shape index (κ2) is 8.53. The highest BCUT2D eigenvalue weighted by Crippen LogP contribution is 2.08. The lowest BCUT2D eigenvalue weighted by atomic mass is 10.1. The van der Waals surface area contributed by atoms with E-state index in [1.54, 1.807) is 0 Å². The summed E-state index contributed by atoms with van der Waals surface area (Å²) in [6, 6.07) is 0.398. The zero-order chi connectivity index (χ0) is 11.6. The molecule has 0 saturated carbocycles. The largest absolute Gasteiger partial charge is 0.396 e. The van der Waals surface area contributed by atoms with Crippen molar-refractivity contribution in [1.29, 1.82) is 0 Å². The van der Waals surface area contributed by atoms with E-state index in [1.807, 2.05) is 0 Å². The Morgan fingerprint density at radius 2 is 2.12 bits per heavy atom. The third kappa shape index (κ3) is 6.08. The average molecular weight is 228 g/mol. The topological polar surface area (TPSA) is 61.4 Å². The molecule has 0 spiro atoms. The fourth-order valence-electron chi connectivity index (χ4n) is 2.05. The van der Waals surface area contributed by atoms with Gasteiger partial charge in [-0.25, -0.2) is 0 Å². The quantitative estimate of drug-likeness (QED) is 0.538. The number of unbranched alkanes of at least 4 members (excludes halogenated alkanes) is 3. The summed E-state index contributed by atoms with van der Waals surface area (Å²) in [4.78, 5) is 11.5. The van der Waals surface area contributed by atoms with E-state index >= 15 is 0 Å². The average Bonchev–Trinajstić information content (AvgIpc) is 2.76. The molecule has 0 aromatic rings. The van der Waals surface area contributed by atoms with Crippen LogP contribution in [-0.4, -0.2) is 36.8 Å². The van der Waals surface area contributed by atoms with Crippen molar-refractivity contribution in [2.75, 3.05) is 19.7 Å². The van der Waals surface area contributed by atoms with Crippen molar-refractivity contribution < 1.29 is 9.90 Å². The minimum atomic E-state index is 0.168. The van der Waals surface area contributed by atoms with Gasteiger partial charge in [-0.1, -0.05) is 12.8 Å². The van der Waals surface area contributed by atoms with E-state index in [1.165, 1.54) is 6.42 Å². The molecule has 1 aliphatic heterocycles. The molecule has 0 bridgehead atoms. The number of aliphatic hydroxyl groups excluding tert-OH is 1. The van der Waals surface area contributed by atoms with E-state index in [0.717, 1.165) is 45.2 Å². The predicted octanol–water partition coefficient (Wildman–Crippen LogP) is 0.797. The molecule has 0 aliphatic carbocycles. The lowest BCUT2D eigenvalue weighted by molar-refractivity contribution is -0.121. The van der Waals surface area contributed by atoms with Crippen LogP contribution in [0.4, 0.5) is 0 Å². The molecule has 1 aliphatic rings. The van der Waals surface area contributed by atoms with Crippen molar-refractivity contribution >= 4 is 5.91 Å². The molecule has 1 heterocycles. The van der Waals surface area contributed by atoms with Gasteiger partial charge in [0.05, 0.1) is 0 Å². The molecule has 1 amide bonds. The molecule has 94 valence electrons. The van der Waals surface area contributed by atoms with Crippen LogP contribution in [0.25, 0.3) is 0 Å². The molecule has 1 rings (SSSR count). The smallest absolute Gasteiger partial charge is 0.221 e. The maximum absolute atomic E-state index is 11.5. The summed E-state index contributed by atoms with van der Waals surface area (Å²) in [6.07, 6.45) is 6.97. The fraction of sp³-hybridized carbons (Fsp3) is 0.917. The highest BCUT2D eigenvalue weighted by atomic mass is 16.2. The number of hydrogen-bond donors (Lipinski definition) is 3. The van der Waals surface area contributed by atoms with Crippen LogP contribution in [0.3, 0.4) is 0 Å². The summed E-state index contributed by atoms with van der Waals surface area (Å²) in [7, 11) is 0. The van der Waals surface area contributed by atoms with Crippen molar-refractivity contribution in [3.8, 4) is 0 Å². The van der Waals surface area contributed by atoms with Gasteiger partial charge in [0.15, 0.2) is 0 Å². The number of rotatable bonds is 8. The van der Waals surface area contributed by atoms with Gasteiger partial charge in [0.1, 0.15) is 0 Å². The van der Waals surface area contributed by atoms with Crippen LogP contribution in [0.2, 0.25) is 0 Å². The van der Waals surface area contributed by atoms with E-state index < -0.39 is 0 Å². The number of nitrogens with one attached hydrogen (secondary N) is 2. The lowest BCUT2D eigenvalue weighted by Gasteiger charge is -2.10. The van der Waals surface area contributed by atoms with Gasteiger partial charge in [-0.05, 0) is 32.2 Å². The fourth-order valence-corrected chi connectivity index (χ4v) is 2.05. The zero-order valence-corrected chi connectivity index (χ0v) is 10.0. The minimum absolute atomic E-state index is 0.168. The van der Waals surface area contributed by atoms with Crippen LogP contribution >= 0.6 is 0 Å². The number of aliphatic hydroxyl groups is 1. The summed E-state index contributed by atoms with van der Waals surface area (Å²) in [5.41, 5.74) is 0. The molecule has 0 aromatic heterocycles. The van der Waals surface area contributed by atoms with Crippen molar-refractivity contribution in [1.82, 2.24) is 10.6 Å². The van der Waals surface area contributed by atoms with Crippen LogP contribution < -0.4 is 10.6 Å². The summed E-state index contributed by atoms with van der Waals surface area (Å²) in [6.45, 7) is 2.11. The predicted molar refractivity (Wildman–Crippen MR) is 64.2 cm³/mol. The van der Waals surface area contributed by atoms with Gasteiger partial charge >= 0.3 is 0 Å². The summed E-state index contributed by atoms with van der Waals surface area (Å²) < 4.78 is 0. The summed E-state index contributed by atoms with van der Waals surface area (Å²) in [5.74, 6) is 0.168. The normalized spacial score (nSPS) is 19.9. The van der Waals surface area contributed by atoms with Crippen LogP contribution in [0.1, 0.15) is 44.9 Å². The van der Waals surface area contributed by atoms with Gasteiger partial charge < -0.3 is 15.7 Å². The molecular weight excluding hydrogens is 204 g/mol. The van der Waals surface area contributed by atoms with Gasteiger partial charge in [-0.3, -0.25) is 4.79 Å². The van der Waals surface area contributed by atoms with Crippen molar-refractivity contribution in [3.05, 3.63) is 0 Å². The molecule has 1 fully saturated rings. The molecule has 4 heteroatoms. The van der Waals surface area contributed by atoms with Gasteiger partial charge in [-0.15, -0.1) is 0 Å². The van der Waals surface area contributed by atoms with Crippen molar-refractivity contribution in [3.63, 3.8) is 0 Å². The highest BCUT2D eigenvalue weighted by Gasteiger charge is 2.16. The van der Waals surface area contributed by atoms with E-state index in [-0.39, 0.29) is 12.5 Å². The molecule has 3 N–H and O–H groups in total. The van der Waals surface area contributed by atoms with Gasteiger partial charge in [0.2, 0.25) is 5.91 Å². The van der Waals surface area contributed by atoms with Crippen molar-refractivity contribution in [2.24, 2.45) is 0 Å². The molecule has 0 aromatic carbocycles. The first-order chi connectivity index (χ1) is 7.83. The molecular formula is C12H24N2O2. The highest BCUT2D eigenvalue weighted by molar-refractivity contribution is 5.76. The van der Waals surface area contributed by atoms with Gasteiger partial charge in [0.25, 0.3) is 0 Å². The first-order valence-electron chi connectivity index (χ1n) is 6.44. The van der Waals surface area contributed by atoms with Gasteiger partial charge in [0, 0.05) is 25.6 Å². The Balaban J connectivity index is 1.89. The van der Waals surface area contributed by atoms with E-state index in [9.17, 15) is 4.79 Å². The minimum Gasteiger partial charge on any atom is -0.396 e. The molecule has 1 atom stereocenters. The van der Waals surface area contributed by atoms with Crippen LogP contribution in [0, 0.1) is 0 Å². The third-order valence-corrected chi connectivity index (χ3v) is 3.00. The van der Waals surface area contributed by atoms with Crippen LogP contribution in [0.15, 0.2) is 0 Å². The Bertz CT molecular complexity index is 191. The Labute approximate surface area is 97.8 Å². The zero-order valence-electron chi connectivity index (χ0n) is 10.0. The Kier molecular flexibility index (Phi) is 7.17. The van der Waals surface area contributed by atoms with E-state index in [0.29, 0.717) is 12.5 Å². The Morgan fingerprint density at radius 3 is 2.81 bits per heavy atom. The monoisotopic (exact) mass is 228 g/mol. The molecule has 1 saturated heterocycles. The first kappa shape index (κ1) is 13.5. The number of amides is 1. The number of carbonyl (C=O) groups is 1. The maximum Gasteiger partial charge on any atom is 0.221 e. The maximum atomic E-state index is 11.5. The first-order valence-corrected chi connectivity index (χ1v) is 6.44. The second-order valence-corrected chi connectivity index (χ2v) is 4.49. The molecule has 4 nitrogen and oxygen atoms in total. The number of carbonyl (C=O) groups excluding carboxylic acids is 1. The molecule has 0 radical (unpaired) electrons. The third-order valence-electron chi connectivity index (χ3n) is 3.00. The summed E-state index contributed by atoms with van der Waals surface area (Å²) in [5, 5.41) is 14.9. The molecule has 1 unspecified atom stereocenters. The second-order valence-electron chi connectivity index (χ2n) is 4.49. The van der Waals surface area contributed by atoms with E-state index in [4.69, 9.17) is 5.11 Å². The van der Waals surface area contributed by atoms with Crippen molar-refractivity contribution in [2.45, 2.75) is 51.0 Å². The van der Waals surface area contributed by atoms with Crippen LogP contribution in [-0.2, 0) is 4.79 Å². The SMILES string of the molecule is O=C(CC1CCCN1)NCCCCCCO. The molecule has 16 heavy (non-hydrogen) atoms.